The Kier molecular flexibility index (Phi) is 7.05. The number of benzene rings is 4. The largest absolute Gasteiger partial charge is 0.311 e. The third kappa shape index (κ3) is 5.33. The minimum atomic E-state index is -0.317. The predicted octanol–water partition coefficient (Wildman–Crippen LogP) is 7.53. The molecule has 0 aliphatic carbocycles. The molecule has 192 valence electrons. The third-order valence-electron chi connectivity index (χ3n) is 6.45. The normalized spacial score (nSPS) is 11.0. The molecule has 0 spiro atoms. The molecular formula is C34H25N5O. The van der Waals surface area contributed by atoms with Crippen LogP contribution in [-0.4, -0.2) is 22.1 Å². The topological polar surface area (TPSA) is 70.5 Å². The summed E-state index contributed by atoms with van der Waals surface area (Å²) in [4.78, 5) is 24.5. The number of carbonyl (C=O) groups is 1. The number of hydrogen-bond donors (Lipinski definition) is 1. The van der Waals surface area contributed by atoms with Crippen LogP contribution in [-0.2, 0) is 0 Å². The highest BCUT2D eigenvalue weighted by Gasteiger charge is 2.14. The van der Waals surface area contributed by atoms with Crippen molar-refractivity contribution in [1.29, 1.82) is 0 Å². The summed E-state index contributed by atoms with van der Waals surface area (Å²) in [6, 6.07) is 43.4. The highest BCUT2D eigenvalue weighted by atomic mass is 16.2. The fourth-order valence-corrected chi connectivity index (χ4v) is 4.55. The maximum atomic E-state index is 13.2. The molecule has 1 amide bonds. The van der Waals surface area contributed by atoms with Gasteiger partial charge in [0.1, 0.15) is 0 Å². The second-order valence-electron chi connectivity index (χ2n) is 9.08. The van der Waals surface area contributed by atoms with Crippen molar-refractivity contribution in [3.05, 3.63) is 151 Å². The van der Waals surface area contributed by atoms with Crippen molar-refractivity contribution >= 4 is 40.1 Å². The van der Waals surface area contributed by atoms with E-state index in [9.17, 15) is 4.79 Å². The molecule has 2 heterocycles. The Hall–Kier alpha value is -5.62. The van der Waals surface area contributed by atoms with Crippen LogP contribution in [0.5, 0.6) is 0 Å². The van der Waals surface area contributed by atoms with E-state index in [0.717, 1.165) is 33.5 Å². The number of anilines is 3. The van der Waals surface area contributed by atoms with Gasteiger partial charge in [0, 0.05) is 28.6 Å². The van der Waals surface area contributed by atoms with E-state index in [0.29, 0.717) is 17.0 Å². The maximum absolute atomic E-state index is 13.2. The summed E-state index contributed by atoms with van der Waals surface area (Å²) in [6.45, 7) is 0. The molecule has 2 aromatic heterocycles. The summed E-state index contributed by atoms with van der Waals surface area (Å²) in [5.74, 6) is -0.317. The number of hydrogen-bond acceptors (Lipinski definition) is 5. The van der Waals surface area contributed by atoms with Crippen LogP contribution in [0.25, 0.3) is 22.3 Å². The molecule has 0 saturated heterocycles. The third-order valence-corrected chi connectivity index (χ3v) is 6.45. The van der Waals surface area contributed by atoms with Gasteiger partial charge in [-0.05, 0) is 66.2 Å². The lowest BCUT2D eigenvalue weighted by molar-refractivity contribution is 0.0956. The first kappa shape index (κ1) is 24.7. The first-order valence-corrected chi connectivity index (χ1v) is 12.9. The standard InChI is InChI=1S/C34H25N5O/c40-34(30-23-33(32-17-9-10-22-35-32)37-31-16-8-7-15-29(30)31)38-36-24-25-18-20-28(21-19-25)39(26-11-3-1-4-12-26)27-13-5-2-6-14-27/h1-24H,(H,38,40)/b36-24-. The van der Waals surface area contributed by atoms with E-state index in [2.05, 4.69) is 44.7 Å². The number of rotatable bonds is 7. The van der Waals surface area contributed by atoms with Gasteiger partial charge in [-0.2, -0.15) is 5.10 Å². The van der Waals surface area contributed by atoms with E-state index >= 15 is 0 Å². The number of para-hydroxylation sites is 3. The van der Waals surface area contributed by atoms with Crippen LogP contribution >= 0.6 is 0 Å². The van der Waals surface area contributed by atoms with Crippen molar-refractivity contribution in [2.24, 2.45) is 5.10 Å². The zero-order valence-corrected chi connectivity index (χ0v) is 21.6. The second kappa shape index (κ2) is 11.4. The highest BCUT2D eigenvalue weighted by molar-refractivity contribution is 6.07. The Morgan fingerprint density at radius 2 is 1.30 bits per heavy atom. The average molecular weight is 520 g/mol. The molecule has 0 bridgehead atoms. The Morgan fingerprint density at radius 1 is 0.675 bits per heavy atom. The van der Waals surface area contributed by atoms with Gasteiger partial charge < -0.3 is 4.90 Å². The molecule has 6 nitrogen and oxygen atoms in total. The molecule has 4 aromatic carbocycles. The van der Waals surface area contributed by atoms with E-state index in [1.165, 1.54) is 0 Å². The van der Waals surface area contributed by atoms with Crippen LogP contribution in [0.4, 0.5) is 17.1 Å². The average Bonchev–Trinajstić information content (AvgIpc) is 3.03. The summed E-state index contributed by atoms with van der Waals surface area (Å²) < 4.78 is 0. The molecule has 0 aliphatic rings. The Morgan fingerprint density at radius 3 is 1.98 bits per heavy atom. The summed E-state index contributed by atoms with van der Waals surface area (Å²) in [5.41, 5.74) is 9.23. The van der Waals surface area contributed by atoms with E-state index in [1.807, 2.05) is 103 Å². The van der Waals surface area contributed by atoms with Gasteiger partial charge in [0.25, 0.3) is 5.91 Å². The number of aromatic nitrogens is 2. The Bertz CT molecular complexity index is 1730. The van der Waals surface area contributed by atoms with Crippen LogP contribution < -0.4 is 10.3 Å². The number of nitrogens with zero attached hydrogens (tertiary/aromatic N) is 4. The second-order valence-corrected chi connectivity index (χ2v) is 9.08. The molecule has 0 atom stereocenters. The van der Waals surface area contributed by atoms with E-state index < -0.39 is 0 Å². The molecular weight excluding hydrogens is 494 g/mol. The lowest BCUT2D eigenvalue weighted by Crippen LogP contribution is -2.18. The molecule has 0 radical (unpaired) electrons. The molecule has 0 saturated carbocycles. The number of amides is 1. The zero-order valence-electron chi connectivity index (χ0n) is 21.6. The summed E-state index contributed by atoms with van der Waals surface area (Å²) >= 11 is 0. The van der Waals surface area contributed by atoms with Gasteiger partial charge in [0.05, 0.1) is 28.7 Å². The van der Waals surface area contributed by atoms with Crippen LogP contribution in [0, 0.1) is 0 Å². The molecule has 6 heteroatoms. The maximum Gasteiger partial charge on any atom is 0.272 e. The van der Waals surface area contributed by atoms with Gasteiger partial charge in [-0.1, -0.05) is 72.8 Å². The minimum absolute atomic E-state index is 0.317. The first-order valence-electron chi connectivity index (χ1n) is 12.9. The van der Waals surface area contributed by atoms with Crippen molar-refractivity contribution in [3.8, 4) is 11.4 Å². The van der Waals surface area contributed by atoms with Gasteiger partial charge in [-0.3, -0.25) is 9.78 Å². The lowest BCUT2D eigenvalue weighted by atomic mass is 10.1. The van der Waals surface area contributed by atoms with Crippen LogP contribution in [0.15, 0.2) is 145 Å². The highest BCUT2D eigenvalue weighted by Crippen LogP contribution is 2.34. The number of nitrogens with one attached hydrogen (secondary N) is 1. The predicted molar refractivity (Wildman–Crippen MR) is 161 cm³/mol. The van der Waals surface area contributed by atoms with Gasteiger partial charge in [-0.25, -0.2) is 10.4 Å². The quantitative estimate of drug-likeness (QED) is 0.175. The summed E-state index contributed by atoms with van der Waals surface area (Å²) in [6.07, 6.45) is 3.35. The summed E-state index contributed by atoms with van der Waals surface area (Å²) in [7, 11) is 0. The molecule has 0 aliphatic heterocycles. The number of hydrazone groups is 1. The van der Waals surface area contributed by atoms with E-state index in [1.54, 1.807) is 18.5 Å². The van der Waals surface area contributed by atoms with Crippen molar-refractivity contribution < 1.29 is 4.79 Å². The molecule has 6 aromatic rings. The van der Waals surface area contributed by atoms with Crippen molar-refractivity contribution in [1.82, 2.24) is 15.4 Å². The van der Waals surface area contributed by atoms with Crippen LogP contribution in [0.2, 0.25) is 0 Å². The number of pyridine rings is 2. The van der Waals surface area contributed by atoms with Gasteiger partial charge in [0.2, 0.25) is 0 Å². The summed E-state index contributed by atoms with van der Waals surface area (Å²) in [5, 5.41) is 4.99. The smallest absolute Gasteiger partial charge is 0.272 e. The van der Waals surface area contributed by atoms with Crippen LogP contribution in [0.3, 0.4) is 0 Å². The minimum Gasteiger partial charge on any atom is -0.311 e. The number of carbonyl (C=O) groups excluding carboxylic acids is 1. The number of fused-ring (bicyclic) bond motifs is 1. The molecule has 40 heavy (non-hydrogen) atoms. The van der Waals surface area contributed by atoms with Gasteiger partial charge in [-0.15, -0.1) is 0 Å². The Labute approximate surface area is 232 Å². The van der Waals surface area contributed by atoms with Crippen molar-refractivity contribution in [2.75, 3.05) is 4.90 Å². The lowest BCUT2D eigenvalue weighted by Gasteiger charge is -2.25. The molecule has 0 fully saturated rings. The first-order chi connectivity index (χ1) is 19.8. The zero-order chi connectivity index (χ0) is 27.1. The van der Waals surface area contributed by atoms with E-state index in [-0.39, 0.29) is 5.91 Å². The monoisotopic (exact) mass is 519 g/mol. The van der Waals surface area contributed by atoms with Gasteiger partial charge in [0.15, 0.2) is 0 Å². The SMILES string of the molecule is O=C(N/N=C\c1ccc(N(c2ccccc2)c2ccccc2)cc1)c1cc(-c2ccccn2)nc2ccccc12. The van der Waals surface area contributed by atoms with Crippen molar-refractivity contribution in [3.63, 3.8) is 0 Å². The van der Waals surface area contributed by atoms with E-state index in [4.69, 9.17) is 4.98 Å². The molecule has 0 unspecified atom stereocenters. The van der Waals surface area contributed by atoms with Crippen molar-refractivity contribution in [2.45, 2.75) is 0 Å². The fourth-order valence-electron chi connectivity index (χ4n) is 4.55. The van der Waals surface area contributed by atoms with Gasteiger partial charge >= 0.3 is 0 Å². The molecule has 1 N–H and O–H groups in total. The molecule has 6 rings (SSSR count). The fraction of sp³-hybridized carbons (Fsp3) is 0. The van der Waals surface area contributed by atoms with Crippen LogP contribution in [0.1, 0.15) is 15.9 Å². The Balaban J connectivity index is 1.23.